The highest BCUT2D eigenvalue weighted by atomic mass is 35.5. The molecule has 1 saturated heterocycles. The Morgan fingerprint density at radius 3 is 2.86 bits per heavy atom. The minimum atomic E-state index is -0.433. The fourth-order valence-electron chi connectivity index (χ4n) is 2.62. The molecule has 1 aromatic rings. The van der Waals surface area contributed by atoms with E-state index < -0.39 is 5.54 Å². The van der Waals surface area contributed by atoms with E-state index in [1.54, 1.807) is 11.0 Å². The van der Waals surface area contributed by atoms with Crippen molar-refractivity contribution in [2.75, 3.05) is 26.7 Å². The molecule has 1 heterocycles. The van der Waals surface area contributed by atoms with Crippen molar-refractivity contribution >= 4 is 17.5 Å². The number of nitrogens with one attached hydrogen (secondary N) is 1. The molecule has 0 spiro atoms. The molecule has 0 saturated carbocycles. The Hall–Kier alpha value is -1.26. The van der Waals surface area contributed by atoms with Crippen LogP contribution in [0.25, 0.3) is 0 Å². The fraction of sp³-hybridized carbons (Fsp3) is 0.562. The largest absolute Gasteiger partial charge is 0.490 e. The van der Waals surface area contributed by atoms with Crippen molar-refractivity contribution in [2.45, 2.75) is 31.7 Å². The Bertz CT molecular complexity index is 487. The van der Waals surface area contributed by atoms with Crippen LogP contribution in [0.1, 0.15) is 26.2 Å². The van der Waals surface area contributed by atoms with Crippen LogP contribution in [0.2, 0.25) is 5.02 Å². The minimum Gasteiger partial charge on any atom is -0.490 e. The molecule has 116 valence electrons. The van der Waals surface area contributed by atoms with Gasteiger partial charge in [-0.2, -0.15) is 0 Å². The highest BCUT2D eigenvalue weighted by Gasteiger charge is 2.36. The number of hydrogen-bond acceptors (Lipinski definition) is 3. The molecule has 21 heavy (non-hydrogen) atoms. The van der Waals surface area contributed by atoms with E-state index in [1.807, 2.05) is 32.2 Å². The van der Waals surface area contributed by atoms with E-state index in [2.05, 4.69) is 5.32 Å². The standard InChI is InChI=1S/C16H23ClN2O2/c1-16(9-5-6-10-18-16)15(20)19(2)11-12-21-14-8-4-3-7-13(14)17/h3-4,7-8,18H,5-6,9-12H2,1-2H3. The fourth-order valence-corrected chi connectivity index (χ4v) is 2.81. The number of carbonyl (C=O) groups is 1. The maximum atomic E-state index is 12.5. The summed E-state index contributed by atoms with van der Waals surface area (Å²) in [6, 6.07) is 7.36. The van der Waals surface area contributed by atoms with Crippen LogP contribution in [0, 0.1) is 0 Å². The summed E-state index contributed by atoms with van der Waals surface area (Å²) in [4.78, 5) is 14.2. The molecular formula is C16H23ClN2O2. The number of rotatable bonds is 5. The van der Waals surface area contributed by atoms with E-state index in [0.717, 1.165) is 25.8 Å². The molecule has 1 atom stereocenters. The van der Waals surface area contributed by atoms with Crippen LogP contribution < -0.4 is 10.1 Å². The number of amides is 1. The molecule has 0 bridgehead atoms. The lowest BCUT2D eigenvalue weighted by atomic mass is 9.89. The molecular weight excluding hydrogens is 288 g/mol. The first-order valence-electron chi connectivity index (χ1n) is 7.41. The highest BCUT2D eigenvalue weighted by molar-refractivity contribution is 6.32. The second-order valence-corrected chi connectivity index (χ2v) is 6.13. The zero-order valence-corrected chi connectivity index (χ0v) is 13.4. The topological polar surface area (TPSA) is 41.6 Å². The molecule has 1 aliphatic heterocycles. The summed E-state index contributed by atoms with van der Waals surface area (Å²) in [5.41, 5.74) is -0.433. The number of para-hydroxylation sites is 1. The number of hydrogen-bond donors (Lipinski definition) is 1. The second kappa shape index (κ2) is 7.14. The molecule has 0 aliphatic carbocycles. The van der Waals surface area contributed by atoms with E-state index in [9.17, 15) is 4.79 Å². The zero-order valence-electron chi connectivity index (χ0n) is 12.7. The smallest absolute Gasteiger partial charge is 0.242 e. The number of benzene rings is 1. The van der Waals surface area contributed by atoms with Crippen molar-refractivity contribution in [3.8, 4) is 5.75 Å². The van der Waals surface area contributed by atoms with Crippen LogP contribution in [0.15, 0.2) is 24.3 Å². The van der Waals surface area contributed by atoms with Gasteiger partial charge in [0.15, 0.2) is 0 Å². The highest BCUT2D eigenvalue weighted by Crippen LogP contribution is 2.23. The molecule has 1 unspecified atom stereocenters. The SMILES string of the molecule is CN(CCOc1ccccc1Cl)C(=O)C1(C)CCCCN1. The number of piperidine rings is 1. The summed E-state index contributed by atoms with van der Waals surface area (Å²) in [7, 11) is 1.82. The van der Waals surface area contributed by atoms with E-state index in [4.69, 9.17) is 16.3 Å². The van der Waals surface area contributed by atoms with Crippen molar-refractivity contribution in [3.63, 3.8) is 0 Å². The van der Waals surface area contributed by atoms with E-state index >= 15 is 0 Å². The molecule has 4 nitrogen and oxygen atoms in total. The minimum absolute atomic E-state index is 0.130. The maximum absolute atomic E-state index is 12.5. The molecule has 5 heteroatoms. The summed E-state index contributed by atoms with van der Waals surface area (Å²) in [5.74, 6) is 0.784. The molecule has 0 aromatic heterocycles. The molecule has 1 fully saturated rings. The summed E-state index contributed by atoms with van der Waals surface area (Å²) in [6.07, 6.45) is 3.13. The first kappa shape index (κ1) is 16.1. The molecule has 2 rings (SSSR count). The van der Waals surface area contributed by atoms with Crippen molar-refractivity contribution < 1.29 is 9.53 Å². The van der Waals surface area contributed by atoms with Crippen LogP contribution in [-0.4, -0.2) is 43.1 Å². The molecule has 1 aromatic carbocycles. The average molecular weight is 311 g/mol. The number of carbonyl (C=O) groups excluding carboxylic acids is 1. The monoisotopic (exact) mass is 310 g/mol. The second-order valence-electron chi connectivity index (χ2n) is 5.72. The maximum Gasteiger partial charge on any atom is 0.242 e. The Kier molecular flexibility index (Phi) is 5.48. The van der Waals surface area contributed by atoms with Gasteiger partial charge in [-0.3, -0.25) is 4.79 Å². The first-order chi connectivity index (χ1) is 10.0. The van der Waals surface area contributed by atoms with Crippen LogP contribution in [-0.2, 0) is 4.79 Å². The lowest BCUT2D eigenvalue weighted by Gasteiger charge is -2.36. The number of ether oxygens (including phenoxy) is 1. The first-order valence-corrected chi connectivity index (χ1v) is 7.79. The van der Waals surface area contributed by atoms with E-state index in [0.29, 0.717) is 23.9 Å². The molecule has 1 N–H and O–H groups in total. The van der Waals surface area contributed by atoms with Crippen molar-refractivity contribution in [1.82, 2.24) is 10.2 Å². The third-order valence-corrected chi connectivity index (χ3v) is 4.27. The van der Waals surface area contributed by atoms with Crippen LogP contribution in [0.5, 0.6) is 5.75 Å². The van der Waals surface area contributed by atoms with Crippen molar-refractivity contribution in [1.29, 1.82) is 0 Å². The summed E-state index contributed by atoms with van der Waals surface area (Å²) in [6.45, 7) is 3.87. The molecule has 0 radical (unpaired) electrons. The van der Waals surface area contributed by atoms with Gasteiger partial charge in [0.1, 0.15) is 12.4 Å². The lowest BCUT2D eigenvalue weighted by molar-refractivity contribution is -0.137. The third-order valence-electron chi connectivity index (χ3n) is 3.96. The summed E-state index contributed by atoms with van der Waals surface area (Å²) in [5, 5.41) is 3.93. The van der Waals surface area contributed by atoms with Gasteiger partial charge in [-0.1, -0.05) is 23.7 Å². The number of nitrogens with zero attached hydrogens (tertiary/aromatic N) is 1. The van der Waals surface area contributed by atoms with Crippen LogP contribution in [0.3, 0.4) is 0 Å². The normalized spacial score (nSPS) is 21.9. The van der Waals surface area contributed by atoms with Crippen LogP contribution >= 0.6 is 11.6 Å². The number of halogens is 1. The van der Waals surface area contributed by atoms with Gasteiger partial charge in [0.2, 0.25) is 5.91 Å². The Labute approximate surface area is 131 Å². The predicted molar refractivity (Wildman–Crippen MR) is 84.8 cm³/mol. The third kappa shape index (κ3) is 4.11. The van der Waals surface area contributed by atoms with Gasteiger partial charge in [-0.25, -0.2) is 0 Å². The lowest BCUT2D eigenvalue weighted by Crippen LogP contribution is -2.57. The van der Waals surface area contributed by atoms with Gasteiger partial charge >= 0.3 is 0 Å². The quantitative estimate of drug-likeness (QED) is 0.909. The van der Waals surface area contributed by atoms with E-state index in [1.165, 1.54) is 0 Å². The molecule has 1 amide bonds. The van der Waals surface area contributed by atoms with Crippen LogP contribution in [0.4, 0.5) is 0 Å². The van der Waals surface area contributed by atoms with Crippen molar-refractivity contribution in [2.24, 2.45) is 0 Å². The van der Waals surface area contributed by atoms with Gasteiger partial charge in [-0.05, 0) is 44.9 Å². The average Bonchev–Trinajstić information content (AvgIpc) is 2.49. The number of likely N-dealkylation sites (N-methyl/N-ethyl adjacent to an activating group) is 1. The van der Waals surface area contributed by atoms with Gasteiger partial charge in [-0.15, -0.1) is 0 Å². The van der Waals surface area contributed by atoms with E-state index in [-0.39, 0.29) is 5.91 Å². The van der Waals surface area contributed by atoms with Gasteiger partial charge in [0.05, 0.1) is 17.1 Å². The van der Waals surface area contributed by atoms with Crippen molar-refractivity contribution in [3.05, 3.63) is 29.3 Å². The summed E-state index contributed by atoms with van der Waals surface area (Å²) < 4.78 is 5.63. The summed E-state index contributed by atoms with van der Waals surface area (Å²) >= 11 is 6.03. The Balaban J connectivity index is 1.83. The Morgan fingerprint density at radius 2 is 2.19 bits per heavy atom. The van der Waals surface area contributed by atoms with Gasteiger partial charge in [0.25, 0.3) is 0 Å². The molecule has 1 aliphatic rings. The zero-order chi connectivity index (χ0) is 15.3. The predicted octanol–water partition coefficient (Wildman–Crippen LogP) is 2.71. The van der Waals surface area contributed by atoms with Gasteiger partial charge < -0.3 is 15.0 Å². The van der Waals surface area contributed by atoms with Gasteiger partial charge in [0, 0.05) is 7.05 Å². The Morgan fingerprint density at radius 1 is 1.43 bits per heavy atom.